The number of carbonyl (C=O) groups excluding carboxylic acids is 1. The zero-order chi connectivity index (χ0) is 18.5. The van der Waals surface area contributed by atoms with Crippen LogP contribution in [0.2, 0.25) is 0 Å². The van der Waals surface area contributed by atoms with E-state index in [4.69, 9.17) is 9.47 Å². The zero-order valence-corrected chi connectivity index (χ0v) is 13.9. The van der Waals surface area contributed by atoms with E-state index in [9.17, 15) is 14.9 Å². The first-order valence-electron chi connectivity index (χ1n) is 7.84. The maximum absolute atomic E-state index is 12.3. The Morgan fingerprint density at radius 3 is 2.12 bits per heavy atom. The van der Waals surface area contributed by atoms with Crippen molar-refractivity contribution in [2.24, 2.45) is 0 Å². The van der Waals surface area contributed by atoms with Crippen molar-refractivity contribution in [3.63, 3.8) is 0 Å². The van der Waals surface area contributed by atoms with Gasteiger partial charge in [0.25, 0.3) is 5.69 Å². The largest absolute Gasteiger partial charge is 0.457 e. The standard InChI is InChI=1S/C20H15NO5/c1-14-6-5-9-18(19(14)21(23)24)20(22)26-17-12-10-16(11-13-17)25-15-7-3-2-4-8-15/h2-13H,1H3. The number of nitro groups is 1. The number of hydrogen-bond donors (Lipinski definition) is 0. The molecule has 0 aliphatic heterocycles. The van der Waals surface area contributed by atoms with Gasteiger partial charge in [0.05, 0.1) is 4.92 Å². The Morgan fingerprint density at radius 1 is 0.846 bits per heavy atom. The molecule has 0 aliphatic rings. The van der Waals surface area contributed by atoms with E-state index in [2.05, 4.69) is 0 Å². The normalized spacial score (nSPS) is 10.2. The van der Waals surface area contributed by atoms with Crippen molar-refractivity contribution in [1.82, 2.24) is 0 Å². The molecule has 0 radical (unpaired) electrons. The van der Waals surface area contributed by atoms with E-state index in [1.54, 1.807) is 43.3 Å². The summed E-state index contributed by atoms with van der Waals surface area (Å²) in [5.41, 5.74) is 0.0669. The number of rotatable bonds is 5. The number of para-hydroxylation sites is 2. The minimum Gasteiger partial charge on any atom is -0.457 e. The van der Waals surface area contributed by atoms with Crippen LogP contribution in [0.15, 0.2) is 72.8 Å². The van der Waals surface area contributed by atoms with Crippen LogP contribution in [0.4, 0.5) is 5.69 Å². The Bertz CT molecular complexity index is 936. The van der Waals surface area contributed by atoms with Gasteiger partial charge in [-0.2, -0.15) is 0 Å². The second kappa shape index (κ2) is 7.48. The molecule has 0 amide bonds. The molecule has 130 valence electrons. The van der Waals surface area contributed by atoms with Crippen LogP contribution in [0.1, 0.15) is 15.9 Å². The second-order valence-corrected chi connectivity index (χ2v) is 5.50. The molecule has 0 spiro atoms. The molecule has 0 bridgehead atoms. The summed E-state index contributed by atoms with van der Waals surface area (Å²) in [4.78, 5) is 22.9. The molecule has 3 rings (SSSR count). The van der Waals surface area contributed by atoms with E-state index < -0.39 is 10.9 Å². The Balaban J connectivity index is 1.75. The number of ether oxygens (including phenoxy) is 2. The third kappa shape index (κ3) is 3.87. The monoisotopic (exact) mass is 349 g/mol. The van der Waals surface area contributed by atoms with E-state index in [-0.39, 0.29) is 17.0 Å². The highest BCUT2D eigenvalue weighted by Gasteiger charge is 2.23. The highest BCUT2D eigenvalue weighted by atomic mass is 16.6. The van der Waals surface area contributed by atoms with Gasteiger partial charge in [0.15, 0.2) is 0 Å². The molecule has 0 aromatic heterocycles. The average molecular weight is 349 g/mol. The van der Waals surface area contributed by atoms with Gasteiger partial charge in [0, 0.05) is 5.56 Å². The quantitative estimate of drug-likeness (QED) is 0.283. The molecular formula is C20H15NO5. The molecule has 3 aromatic carbocycles. The first-order chi connectivity index (χ1) is 12.5. The molecule has 3 aromatic rings. The van der Waals surface area contributed by atoms with Crippen LogP contribution < -0.4 is 9.47 Å². The van der Waals surface area contributed by atoms with Crippen molar-refractivity contribution in [2.45, 2.75) is 6.92 Å². The molecule has 0 saturated carbocycles. The maximum atomic E-state index is 12.3. The first kappa shape index (κ1) is 17.2. The SMILES string of the molecule is Cc1cccc(C(=O)Oc2ccc(Oc3ccccc3)cc2)c1[N+](=O)[O-]. The van der Waals surface area contributed by atoms with Crippen molar-refractivity contribution in [2.75, 3.05) is 0 Å². The maximum Gasteiger partial charge on any atom is 0.350 e. The van der Waals surface area contributed by atoms with Crippen molar-refractivity contribution in [1.29, 1.82) is 0 Å². The summed E-state index contributed by atoms with van der Waals surface area (Å²) in [6.07, 6.45) is 0. The molecule has 0 saturated heterocycles. The summed E-state index contributed by atoms with van der Waals surface area (Å²) in [7, 11) is 0. The molecule has 0 fully saturated rings. The molecule has 0 aliphatic carbocycles. The van der Waals surface area contributed by atoms with Gasteiger partial charge in [-0.1, -0.05) is 30.3 Å². The lowest BCUT2D eigenvalue weighted by molar-refractivity contribution is -0.385. The Labute approximate surface area is 149 Å². The lowest BCUT2D eigenvalue weighted by Gasteiger charge is -2.08. The van der Waals surface area contributed by atoms with Crippen molar-refractivity contribution in [3.05, 3.63) is 94.0 Å². The number of hydrogen-bond acceptors (Lipinski definition) is 5. The Morgan fingerprint density at radius 2 is 1.46 bits per heavy atom. The lowest BCUT2D eigenvalue weighted by Crippen LogP contribution is -2.11. The smallest absolute Gasteiger partial charge is 0.350 e. The van der Waals surface area contributed by atoms with Gasteiger partial charge in [0.2, 0.25) is 0 Å². The van der Waals surface area contributed by atoms with Crippen LogP contribution in [-0.2, 0) is 0 Å². The number of nitro benzene ring substituents is 1. The van der Waals surface area contributed by atoms with Gasteiger partial charge in [-0.3, -0.25) is 10.1 Å². The van der Waals surface area contributed by atoms with E-state index in [0.717, 1.165) is 0 Å². The fourth-order valence-electron chi connectivity index (χ4n) is 2.43. The van der Waals surface area contributed by atoms with E-state index in [1.807, 2.05) is 30.3 Å². The van der Waals surface area contributed by atoms with Crippen LogP contribution >= 0.6 is 0 Å². The minimum absolute atomic E-state index is 0.0837. The molecule has 6 heteroatoms. The predicted octanol–water partition coefficient (Wildman–Crippen LogP) is 4.91. The van der Waals surface area contributed by atoms with Gasteiger partial charge in [-0.15, -0.1) is 0 Å². The summed E-state index contributed by atoms with van der Waals surface area (Å²) < 4.78 is 10.9. The molecule has 6 nitrogen and oxygen atoms in total. The van der Waals surface area contributed by atoms with Crippen LogP contribution in [0.25, 0.3) is 0 Å². The molecule has 0 N–H and O–H groups in total. The predicted molar refractivity (Wildman–Crippen MR) is 95.7 cm³/mol. The van der Waals surface area contributed by atoms with Crippen molar-refractivity contribution in [3.8, 4) is 17.2 Å². The number of nitrogens with zero attached hydrogens (tertiary/aromatic N) is 1. The van der Waals surface area contributed by atoms with Gasteiger partial charge < -0.3 is 9.47 Å². The number of esters is 1. The lowest BCUT2D eigenvalue weighted by atomic mass is 10.1. The van der Waals surface area contributed by atoms with E-state index in [1.165, 1.54) is 6.07 Å². The summed E-state index contributed by atoms with van der Waals surface area (Å²) in [6.45, 7) is 1.57. The molecule has 0 atom stereocenters. The van der Waals surface area contributed by atoms with Crippen LogP contribution in [0.5, 0.6) is 17.2 Å². The van der Waals surface area contributed by atoms with Crippen molar-refractivity contribution < 1.29 is 19.2 Å². The van der Waals surface area contributed by atoms with Crippen LogP contribution in [-0.4, -0.2) is 10.9 Å². The molecule has 0 unspecified atom stereocenters. The van der Waals surface area contributed by atoms with Crippen LogP contribution in [0, 0.1) is 17.0 Å². The summed E-state index contributed by atoms with van der Waals surface area (Å²) >= 11 is 0. The molecule has 0 heterocycles. The van der Waals surface area contributed by atoms with Gasteiger partial charge in [-0.05, 0) is 49.4 Å². The van der Waals surface area contributed by atoms with Crippen molar-refractivity contribution >= 4 is 11.7 Å². The highest BCUT2D eigenvalue weighted by molar-refractivity contribution is 5.95. The number of benzene rings is 3. The Hall–Kier alpha value is -3.67. The first-order valence-corrected chi connectivity index (χ1v) is 7.84. The number of aryl methyl sites for hydroxylation is 1. The third-order valence-corrected chi connectivity index (χ3v) is 3.65. The van der Waals surface area contributed by atoms with Gasteiger partial charge >= 0.3 is 5.97 Å². The molecular weight excluding hydrogens is 334 g/mol. The van der Waals surface area contributed by atoms with E-state index in [0.29, 0.717) is 17.1 Å². The number of carbonyl (C=O) groups is 1. The average Bonchev–Trinajstić information content (AvgIpc) is 2.63. The van der Waals surface area contributed by atoms with Gasteiger partial charge in [0.1, 0.15) is 22.8 Å². The Kier molecular flexibility index (Phi) is 4.94. The summed E-state index contributed by atoms with van der Waals surface area (Å²) in [5, 5.41) is 11.2. The third-order valence-electron chi connectivity index (χ3n) is 3.65. The summed E-state index contributed by atoms with van der Waals surface area (Å²) in [5.74, 6) is 0.758. The second-order valence-electron chi connectivity index (χ2n) is 5.50. The fraction of sp³-hybridized carbons (Fsp3) is 0.0500. The fourth-order valence-corrected chi connectivity index (χ4v) is 2.43. The highest BCUT2D eigenvalue weighted by Crippen LogP contribution is 2.26. The summed E-state index contributed by atoms with van der Waals surface area (Å²) in [6, 6.07) is 20.2. The topological polar surface area (TPSA) is 78.7 Å². The van der Waals surface area contributed by atoms with E-state index >= 15 is 0 Å². The zero-order valence-electron chi connectivity index (χ0n) is 13.9. The minimum atomic E-state index is -0.780. The van der Waals surface area contributed by atoms with Gasteiger partial charge in [-0.25, -0.2) is 4.79 Å². The molecule has 26 heavy (non-hydrogen) atoms. The van der Waals surface area contributed by atoms with Crippen LogP contribution in [0.3, 0.4) is 0 Å².